The molecule has 0 aliphatic carbocycles. The highest BCUT2D eigenvalue weighted by Gasteiger charge is 2.20. The van der Waals surface area contributed by atoms with Crippen molar-refractivity contribution in [1.82, 2.24) is 20.1 Å². The highest BCUT2D eigenvalue weighted by molar-refractivity contribution is 7.99. The molecule has 0 saturated carbocycles. The van der Waals surface area contributed by atoms with Crippen molar-refractivity contribution in [2.75, 3.05) is 11.1 Å². The van der Waals surface area contributed by atoms with Crippen LogP contribution in [0.4, 0.5) is 5.69 Å². The third-order valence-corrected chi connectivity index (χ3v) is 6.88. The highest BCUT2D eigenvalue weighted by Crippen LogP contribution is 2.25. The molecule has 3 aromatic rings. The molecule has 2 N–H and O–H groups in total. The minimum Gasteiger partial charge on any atom is -0.342 e. The van der Waals surface area contributed by atoms with E-state index >= 15 is 0 Å². The van der Waals surface area contributed by atoms with Gasteiger partial charge in [0.15, 0.2) is 11.0 Å². The van der Waals surface area contributed by atoms with E-state index in [9.17, 15) is 9.59 Å². The van der Waals surface area contributed by atoms with Gasteiger partial charge in [0, 0.05) is 22.8 Å². The summed E-state index contributed by atoms with van der Waals surface area (Å²) in [6, 6.07) is 9.62. The van der Waals surface area contributed by atoms with Gasteiger partial charge >= 0.3 is 0 Å². The van der Waals surface area contributed by atoms with Crippen LogP contribution in [0.25, 0.3) is 0 Å². The average molecular weight is 527 g/mol. The quantitative estimate of drug-likeness (QED) is 0.363. The number of amides is 2. The van der Waals surface area contributed by atoms with Crippen LogP contribution in [0.2, 0.25) is 15.1 Å². The molecule has 0 fully saturated rings. The van der Waals surface area contributed by atoms with Crippen LogP contribution in [0.3, 0.4) is 0 Å². The van der Waals surface area contributed by atoms with E-state index in [-0.39, 0.29) is 17.6 Å². The zero-order chi connectivity index (χ0) is 24.1. The first-order chi connectivity index (χ1) is 15.7. The smallest absolute Gasteiger partial charge is 0.251 e. The van der Waals surface area contributed by atoms with E-state index < -0.39 is 6.04 Å². The normalized spacial score (nSPS) is 11.8. The van der Waals surface area contributed by atoms with Gasteiger partial charge in [0.25, 0.3) is 5.91 Å². The molecule has 11 heteroatoms. The van der Waals surface area contributed by atoms with Gasteiger partial charge in [-0.3, -0.25) is 9.59 Å². The second-order valence-electron chi connectivity index (χ2n) is 7.21. The summed E-state index contributed by atoms with van der Waals surface area (Å²) < 4.78 is 1.86. The molecule has 0 radical (unpaired) electrons. The van der Waals surface area contributed by atoms with Crippen LogP contribution in [0.1, 0.15) is 41.6 Å². The largest absolute Gasteiger partial charge is 0.342 e. The molecule has 2 aromatic carbocycles. The van der Waals surface area contributed by atoms with E-state index in [0.717, 1.165) is 5.56 Å². The monoisotopic (exact) mass is 525 g/mol. The van der Waals surface area contributed by atoms with Crippen molar-refractivity contribution in [2.24, 2.45) is 0 Å². The van der Waals surface area contributed by atoms with E-state index in [2.05, 4.69) is 20.8 Å². The molecule has 1 atom stereocenters. The summed E-state index contributed by atoms with van der Waals surface area (Å²) in [5.41, 5.74) is 1.96. The Morgan fingerprint density at radius 1 is 1.06 bits per heavy atom. The van der Waals surface area contributed by atoms with Crippen molar-refractivity contribution in [1.29, 1.82) is 0 Å². The van der Waals surface area contributed by atoms with Crippen LogP contribution in [0.15, 0.2) is 41.6 Å². The summed E-state index contributed by atoms with van der Waals surface area (Å²) in [4.78, 5) is 25.0. The van der Waals surface area contributed by atoms with Gasteiger partial charge < -0.3 is 15.2 Å². The first kappa shape index (κ1) is 25.4. The van der Waals surface area contributed by atoms with E-state index in [0.29, 0.717) is 43.8 Å². The lowest BCUT2D eigenvalue weighted by atomic mass is 10.2. The average Bonchev–Trinajstić information content (AvgIpc) is 3.19. The Bertz CT molecular complexity index is 1180. The van der Waals surface area contributed by atoms with Crippen molar-refractivity contribution < 1.29 is 9.59 Å². The van der Waals surface area contributed by atoms with E-state index in [1.54, 1.807) is 24.3 Å². The predicted octanol–water partition coefficient (Wildman–Crippen LogP) is 5.79. The Morgan fingerprint density at radius 2 is 1.82 bits per heavy atom. The molecule has 174 valence electrons. The molecule has 33 heavy (non-hydrogen) atoms. The number of hydrogen-bond acceptors (Lipinski definition) is 5. The van der Waals surface area contributed by atoms with Gasteiger partial charge in [-0.2, -0.15) is 0 Å². The zero-order valence-electron chi connectivity index (χ0n) is 18.2. The molecule has 1 heterocycles. The Balaban J connectivity index is 1.63. The second kappa shape index (κ2) is 11.2. The Morgan fingerprint density at radius 3 is 2.48 bits per heavy atom. The van der Waals surface area contributed by atoms with E-state index in [1.165, 1.54) is 17.8 Å². The maximum absolute atomic E-state index is 12.6. The van der Waals surface area contributed by atoms with Crippen molar-refractivity contribution in [3.8, 4) is 0 Å². The Kier molecular flexibility index (Phi) is 8.64. The number of carbonyl (C=O) groups is 2. The van der Waals surface area contributed by atoms with Crippen molar-refractivity contribution in [2.45, 2.75) is 38.5 Å². The minimum atomic E-state index is -0.419. The molecular formula is C22H22Cl3N5O2S. The third-order valence-electron chi connectivity index (χ3n) is 4.77. The number of anilines is 1. The molecule has 0 unspecified atom stereocenters. The molecule has 2 amide bonds. The second-order valence-corrected chi connectivity index (χ2v) is 9.37. The summed E-state index contributed by atoms with van der Waals surface area (Å²) in [5, 5.41) is 16.0. The van der Waals surface area contributed by atoms with Crippen LogP contribution < -0.4 is 10.6 Å². The SMILES string of the molecule is CCn1c(SCC(=O)Nc2ccc(C)c(Cl)c2)nnc1[C@H](C)NC(=O)c1ccc(Cl)c(Cl)c1. The lowest BCUT2D eigenvalue weighted by Crippen LogP contribution is -2.28. The molecule has 7 nitrogen and oxygen atoms in total. The van der Waals surface area contributed by atoms with E-state index in [1.807, 2.05) is 31.4 Å². The molecule has 0 aliphatic rings. The van der Waals surface area contributed by atoms with Gasteiger partial charge in [-0.1, -0.05) is 52.6 Å². The lowest BCUT2D eigenvalue weighted by Gasteiger charge is -2.15. The molecular weight excluding hydrogens is 505 g/mol. The standard InChI is InChI=1S/C22H22Cl3N5O2S/c1-4-30-20(13(3)26-21(32)14-6-8-16(23)18(25)9-14)28-29-22(30)33-11-19(31)27-15-7-5-12(2)17(24)10-15/h5-10,13H,4,11H2,1-3H3,(H,26,32)(H,27,31)/t13-/m0/s1. The van der Waals surface area contributed by atoms with Crippen molar-refractivity contribution >= 4 is 64.1 Å². The van der Waals surface area contributed by atoms with Crippen LogP contribution >= 0.6 is 46.6 Å². The number of halogens is 3. The van der Waals surface area contributed by atoms with Gasteiger partial charge in [-0.05, 0) is 56.7 Å². The Labute approximate surface area is 211 Å². The first-order valence-electron chi connectivity index (χ1n) is 10.1. The number of benzene rings is 2. The van der Waals surface area contributed by atoms with Crippen LogP contribution in [0, 0.1) is 6.92 Å². The summed E-state index contributed by atoms with van der Waals surface area (Å²) in [6.45, 7) is 6.23. The fourth-order valence-corrected chi connectivity index (χ4v) is 4.29. The molecule has 0 aliphatic heterocycles. The van der Waals surface area contributed by atoms with Crippen LogP contribution in [0.5, 0.6) is 0 Å². The fourth-order valence-electron chi connectivity index (χ4n) is 3.00. The number of aromatic nitrogens is 3. The molecule has 0 saturated heterocycles. The van der Waals surface area contributed by atoms with Crippen molar-refractivity contribution in [3.63, 3.8) is 0 Å². The molecule has 1 aromatic heterocycles. The maximum Gasteiger partial charge on any atom is 0.251 e. The summed E-state index contributed by atoms with van der Waals surface area (Å²) in [6.07, 6.45) is 0. The zero-order valence-corrected chi connectivity index (χ0v) is 21.2. The van der Waals surface area contributed by atoms with Crippen LogP contribution in [-0.4, -0.2) is 32.3 Å². The number of thioether (sulfide) groups is 1. The topological polar surface area (TPSA) is 88.9 Å². The number of nitrogens with zero attached hydrogens (tertiary/aromatic N) is 3. The van der Waals surface area contributed by atoms with Crippen LogP contribution in [-0.2, 0) is 11.3 Å². The Hall–Kier alpha value is -2.26. The van der Waals surface area contributed by atoms with Gasteiger partial charge in [0.2, 0.25) is 5.91 Å². The minimum absolute atomic E-state index is 0.146. The van der Waals surface area contributed by atoms with Gasteiger partial charge in [0.1, 0.15) is 0 Å². The van der Waals surface area contributed by atoms with Gasteiger partial charge in [-0.15, -0.1) is 10.2 Å². The van der Waals surface area contributed by atoms with Crippen molar-refractivity contribution in [3.05, 3.63) is 68.4 Å². The molecule has 3 rings (SSSR count). The molecule has 0 bridgehead atoms. The van der Waals surface area contributed by atoms with Gasteiger partial charge in [0.05, 0.1) is 21.8 Å². The van der Waals surface area contributed by atoms with E-state index in [4.69, 9.17) is 34.8 Å². The maximum atomic E-state index is 12.6. The number of hydrogen-bond donors (Lipinski definition) is 2. The summed E-state index contributed by atoms with van der Waals surface area (Å²) in [7, 11) is 0. The summed E-state index contributed by atoms with van der Waals surface area (Å²) in [5.74, 6) is 0.234. The number of aryl methyl sites for hydroxylation is 1. The first-order valence-corrected chi connectivity index (χ1v) is 12.2. The highest BCUT2D eigenvalue weighted by atomic mass is 35.5. The summed E-state index contributed by atoms with van der Waals surface area (Å²) >= 11 is 19.3. The third kappa shape index (κ3) is 6.41. The number of rotatable bonds is 8. The predicted molar refractivity (Wildman–Crippen MR) is 134 cm³/mol. The fraction of sp³-hybridized carbons (Fsp3) is 0.273. The number of nitrogens with one attached hydrogen (secondary N) is 2. The molecule has 0 spiro atoms. The number of carbonyl (C=O) groups excluding carboxylic acids is 2. The van der Waals surface area contributed by atoms with Gasteiger partial charge in [-0.25, -0.2) is 0 Å². The lowest BCUT2D eigenvalue weighted by molar-refractivity contribution is -0.113.